The van der Waals surface area contributed by atoms with Crippen LogP contribution >= 0.6 is 0 Å². The molecule has 328 valence electrons. The molecule has 0 spiro atoms. The minimum Gasteiger partial charge on any atom is -0.456 e. The molecule has 4 aliphatic rings. The molecule has 0 radical (unpaired) electrons. The number of fused-ring (bicyclic) bond motifs is 5. The van der Waals surface area contributed by atoms with Crippen LogP contribution in [-0.4, -0.2) is 105 Å². The molecule has 3 aromatic carbocycles. The normalized spacial score (nSPS) is 31.9. The fourth-order valence-electron chi connectivity index (χ4n) is 10.2. The van der Waals surface area contributed by atoms with Gasteiger partial charge in [0, 0.05) is 37.7 Å². The molecule has 1 aliphatic heterocycles. The summed E-state index contributed by atoms with van der Waals surface area (Å²) >= 11 is 0. The lowest BCUT2D eigenvalue weighted by molar-refractivity contribution is -0.346. The van der Waals surface area contributed by atoms with Crippen LogP contribution in [-0.2, 0) is 42.9 Å². The van der Waals surface area contributed by atoms with Crippen LogP contribution in [0.2, 0.25) is 0 Å². The Kier molecular flexibility index (Phi) is 11.8. The predicted molar refractivity (Wildman–Crippen MR) is 218 cm³/mol. The highest BCUT2D eigenvalue weighted by Crippen LogP contribution is 2.64. The molecule has 2 saturated carbocycles. The summed E-state index contributed by atoms with van der Waals surface area (Å²) in [6.07, 6.45) is -10.5. The summed E-state index contributed by atoms with van der Waals surface area (Å²) in [5.41, 5.74) is -7.02. The lowest BCUT2D eigenvalue weighted by atomic mass is 9.44. The van der Waals surface area contributed by atoms with Crippen molar-refractivity contribution >= 4 is 35.6 Å². The number of carbonyl (C=O) groups is 6. The number of hydrogen-bond acceptors (Lipinski definition) is 14. The molecule has 1 amide bonds. The van der Waals surface area contributed by atoms with Crippen molar-refractivity contribution in [1.82, 2.24) is 5.32 Å². The van der Waals surface area contributed by atoms with Gasteiger partial charge in [-0.05, 0) is 54.8 Å². The van der Waals surface area contributed by atoms with Gasteiger partial charge in [-0.2, -0.15) is 0 Å². The third kappa shape index (κ3) is 7.29. The summed E-state index contributed by atoms with van der Waals surface area (Å²) in [6, 6.07) is 22.9. The second-order valence-corrected chi connectivity index (χ2v) is 17.4. The Balaban J connectivity index is 1.39. The number of nitrogens with one attached hydrogen (secondary N) is 1. The van der Waals surface area contributed by atoms with Gasteiger partial charge in [0.05, 0.1) is 35.6 Å². The van der Waals surface area contributed by atoms with Crippen molar-refractivity contribution in [3.05, 3.63) is 119 Å². The Morgan fingerprint density at radius 2 is 1.40 bits per heavy atom. The first-order valence-electron chi connectivity index (χ1n) is 20.5. The number of carbonyl (C=O) groups excluding carboxylic acids is 6. The number of ketones is 1. The molecule has 1 unspecified atom stereocenters. The molecule has 3 aliphatic carbocycles. The quantitative estimate of drug-likeness (QED) is 0.130. The lowest BCUT2D eigenvalue weighted by Gasteiger charge is -2.67. The Labute approximate surface area is 358 Å². The van der Waals surface area contributed by atoms with E-state index in [9.17, 15) is 39.3 Å². The Bertz CT molecular complexity index is 2280. The fourth-order valence-corrected chi connectivity index (χ4v) is 10.2. The SMILES string of the molecule is CC(=O)O[C@H]1C(=O)[C@@]2(C)C([C@@H](OC(=O)c3ccccc3)[C@]3(O)C[C@@H](OC(=O)[C@H](O)[C@H](NC(=O)c4ccccc4)c4ccccc4)C(C)=C1C3(C)C)[C@]1(OC(C)=O)CO[C@@H]1C[C@@H]2O. The second kappa shape index (κ2) is 16.5. The molecule has 3 fully saturated rings. The van der Waals surface area contributed by atoms with Crippen LogP contribution in [0.15, 0.2) is 102 Å². The molecule has 7 rings (SSSR count). The molecule has 11 atom stereocenters. The third-order valence-corrected chi connectivity index (χ3v) is 13.5. The maximum absolute atomic E-state index is 15.5. The number of aliphatic hydroxyl groups excluding tert-OH is 2. The van der Waals surface area contributed by atoms with Gasteiger partial charge in [0.25, 0.3) is 5.91 Å². The molecule has 15 nitrogen and oxygen atoms in total. The summed E-state index contributed by atoms with van der Waals surface area (Å²) in [5, 5.41) is 40.2. The van der Waals surface area contributed by atoms with E-state index in [1.165, 1.54) is 26.0 Å². The van der Waals surface area contributed by atoms with Crippen LogP contribution in [0.25, 0.3) is 0 Å². The summed E-state index contributed by atoms with van der Waals surface area (Å²) < 4.78 is 30.3. The number of hydrogen-bond donors (Lipinski definition) is 4. The highest BCUT2D eigenvalue weighted by molar-refractivity contribution is 5.96. The number of Topliss-reactive ketones (excluding diaryl/α,β-unsaturated/α-hetero) is 1. The van der Waals surface area contributed by atoms with Crippen molar-refractivity contribution in [2.45, 2.75) is 108 Å². The minimum atomic E-state index is -2.39. The van der Waals surface area contributed by atoms with Crippen molar-refractivity contribution in [3.8, 4) is 0 Å². The maximum atomic E-state index is 15.5. The van der Waals surface area contributed by atoms with Crippen molar-refractivity contribution in [2.24, 2.45) is 16.7 Å². The third-order valence-electron chi connectivity index (χ3n) is 13.5. The van der Waals surface area contributed by atoms with Crippen molar-refractivity contribution < 1.29 is 67.8 Å². The molecular formula is C47H51NO14. The van der Waals surface area contributed by atoms with Crippen molar-refractivity contribution in [2.75, 3.05) is 6.61 Å². The van der Waals surface area contributed by atoms with Crippen LogP contribution in [0, 0.1) is 16.7 Å². The minimum absolute atomic E-state index is 0.00289. The molecule has 2 bridgehead atoms. The van der Waals surface area contributed by atoms with E-state index in [0.717, 1.165) is 13.8 Å². The Morgan fingerprint density at radius 1 is 0.823 bits per heavy atom. The largest absolute Gasteiger partial charge is 0.456 e. The average Bonchev–Trinajstić information content (AvgIpc) is 3.24. The van der Waals surface area contributed by atoms with Gasteiger partial charge in [0.2, 0.25) is 0 Å². The molecular weight excluding hydrogens is 803 g/mol. The van der Waals surface area contributed by atoms with E-state index in [2.05, 4.69) is 5.32 Å². The second-order valence-electron chi connectivity index (χ2n) is 17.4. The van der Waals surface area contributed by atoms with Gasteiger partial charge < -0.3 is 44.3 Å². The van der Waals surface area contributed by atoms with E-state index >= 15 is 4.79 Å². The molecule has 62 heavy (non-hydrogen) atoms. The first-order chi connectivity index (χ1) is 29.3. The summed E-state index contributed by atoms with van der Waals surface area (Å²) in [5.74, 6) is -6.84. The number of benzene rings is 3. The van der Waals surface area contributed by atoms with Crippen LogP contribution in [0.1, 0.15) is 86.7 Å². The summed E-state index contributed by atoms with van der Waals surface area (Å²) in [6.45, 7) is 7.97. The van der Waals surface area contributed by atoms with Gasteiger partial charge in [0.15, 0.2) is 23.6 Å². The molecule has 0 aromatic heterocycles. The number of rotatable bonds is 10. The number of esters is 4. The van der Waals surface area contributed by atoms with Gasteiger partial charge >= 0.3 is 23.9 Å². The molecule has 1 saturated heterocycles. The van der Waals surface area contributed by atoms with Gasteiger partial charge in [-0.3, -0.25) is 19.2 Å². The number of amides is 1. The van der Waals surface area contributed by atoms with Gasteiger partial charge in [0.1, 0.15) is 23.9 Å². The van der Waals surface area contributed by atoms with Crippen molar-refractivity contribution in [1.29, 1.82) is 0 Å². The Hall–Kier alpha value is -5.74. The predicted octanol–water partition coefficient (Wildman–Crippen LogP) is 3.74. The summed E-state index contributed by atoms with van der Waals surface area (Å²) in [7, 11) is 0. The van der Waals surface area contributed by atoms with E-state index in [0.29, 0.717) is 5.56 Å². The molecule has 1 heterocycles. The fraction of sp³-hybridized carbons (Fsp3) is 0.447. The average molecular weight is 854 g/mol. The van der Waals surface area contributed by atoms with Gasteiger partial charge in [-0.1, -0.05) is 80.6 Å². The van der Waals surface area contributed by atoms with Crippen molar-refractivity contribution in [3.63, 3.8) is 0 Å². The van der Waals surface area contributed by atoms with Crippen LogP contribution in [0.4, 0.5) is 0 Å². The zero-order valence-corrected chi connectivity index (χ0v) is 35.2. The Morgan fingerprint density at radius 3 is 1.95 bits per heavy atom. The van der Waals surface area contributed by atoms with Crippen LogP contribution in [0.3, 0.4) is 0 Å². The first kappa shape index (κ1) is 44.3. The number of aliphatic hydroxyl groups is 3. The van der Waals surface area contributed by atoms with E-state index in [1.54, 1.807) is 92.7 Å². The zero-order valence-electron chi connectivity index (χ0n) is 35.2. The van der Waals surface area contributed by atoms with E-state index < -0.39 is 113 Å². The van der Waals surface area contributed by atoms with Gasteiger partial charge in [-0.15, -0.1) is 0 Å². The number of ether oxygens (including phenoxy) is 5. The van der Waals surface area contributed by atoms with Gasteiger partial charge in [-0.25, -0.2) is 9.59 Å². The zero-order chi connectivity index (χ0) is 44.9. The standard InChI is InChI=1S/C47H51NO14/c1-25-31(60-43(56)36(52)35(28-16-10-7-11-17-28)48-41(54)29-18-12-8-13-19-29)23-47(57)40(61-42(55)30-20-14-9-15-21-30)38-45(6,32(51)22-33-46(38,24-58-33)62-27(3)50)39(53)37(59-26(2)49)34(25)44(47,4)5/h7-21,31-33,35-38,40,51-52,57H,22-24H2,1-6H3,(H,48,54)/t31-,32+,33-,35-,36-,37-,38?,40-,45-,46+,47-/m1/s1. The van der Waals surface area contributed by atoms with Crippen LogP contribution in [0.5, 0.6) is 0 Å². The molecule has 15 heteroatoms. The lowest BCUT2D eigenvalue weighted by Crippen LogP contribution is -2.82. The molecule has 4 N–H and O–H groups in total. The first-order valence-corrected chi connectivity index (χ1v) is 20.5. The van der Waals surface area contributed by atoms with E-state index in [1.807, 2.05) is 0 Å². The topological polar surface area (TPSA) is 221 Å². The summed E-state index contributed by atoms with van der Waals surface area (Å²) in [4.78, 5) is 83.5. The highest BCUT2D eigenvalue weighted by Gasteiger charge is 2.78. The van der Waals surface area contributed by atoms with E-state index in [-0.39, 0.29) is 35.3 Å². The highest BCUT2D eigenvalue weighted by atomic mass is 16.6. The maximum Gasteiger partial charge on any atom is 0.338 e. The smallest absolute Gasteiger partial charge is 0.338 e. The van der Waals surface area contributed by atoms with Crippen LogP contribution < -0.4 is 5.32 Å². The molecule has 3 aromatic rings. The van der Waals surface area contributed by atoms with E-state index in [4.69, 9.17) is 23.7 Å². The monoisotopic (exact) mass is 853 g/mol.